The minimum Gasteiger partial charge on any atom is -0.481 e. The summed E-state index contributed by atoms with van der Waals surface area (Å²) in [6.07, 6.45) is 2.17. The van der Waals surface area contributed by atoms with Gasteiger partial charge in [0.15, 0.2) is 0 Å². The summed E-state index contributed by atoms with van der Waals surface area (Å²) in [5, 5.41) is 8.93. The molecule has 4 heteroatoms. The summed E-state index contributed by atoms with van der Waals surface area (Å²) in [7, 11) is 0. The van der Waals surface area contributed by atoms with Crippen molar-refractivity contribution in [3.8, 4) is 0 Å². The SMILES string of the molecule is CCCCC(C(=O)OC(C)C)C(C)C(=O)O. The number of unbranched alkanes of at least 4 members (excludes halogenated alkanes) is 1. The Labute approximate surface area is 97.0 Å². The van der Waals surface area contributed by atoms with Crippen molar-refractivity contribution < 1.29 is 19.4 Å². The molecule has 16 heavy (non-hydrogen) atoms. The third kappa shape index (κ3) is 5.14. The van der Waals surface area contributed by atoms with E-state index < -0.39 is 23.8 Å². The van der Waals surface area contributed by atoms with Gasteiger partial charge in [0.25, 0.3) is 0 Å². The predicted molar refractivity (Wildman–Crippen MR) is 61.0 cm³/mol. The van der Waals surface area contributed by atoms with Gasteiger partial charge >= 0.3 is 11.9 Å². The van der Waals surface area contributed by atoms with E-state index in [0.717, 1.165) is 12.8 Å². The molecule has 2 unspecified atom stereocenters. The van der Waals surface area contributed by atoms with E-state index in [-0.39, 0.29) is 6.10 Å². The summed E-state index contributed by atoms with van der Waals surface area (Å²) >= 11 is 0. The molecule has 0 saturated heterocycles. The van der Waals surface area contributed by atoms with Crippen molar-refractivity contribution in [1.82, 2.24) is 0 Å². The number of carbonyl (C=O) groups excluding carboxylic acids is 1. The minimum absolute atomic E-state index is 0.197. The van der Waals surface area contributed by atoms with E-state index in [1.165, 1.54) is 0 Å². The van der Waals surface area contributed by atoms with Crippen LogP contribution in [0.5, 0.6) is 0 Å². The second-order valence-electron chi connectivity index (χ2n) is 4.36. The highest BCUT2D eigenvalue weighted by Gasteiger charge is 2.31. The minimum atomic E-state index is -0.943. The fourth-order valence-electron chi connectivity index (χ4n) is 1.49. The van der Waals surface area contributed by atoms with Gasteiger partial charge in [-0.15, -0.1) is 0 Å². The third-order valence-corrected chi connectivity index (χ3v) is 2.52. The molecule has 0 aromatic carbocycles. The molecule has 0 fully saturated rings. The predicted octanol–water partition coefficient (Wildman–Crippen LogP) is 2.47. The largest absolute Gasteiger partial charge is 0.481 e. The van der Waals surface area contributed by atoms with E-state index >= 15 is 0 Å². The lowest BCUT2D eigenvalue weighted by Crippen LogP contribution is -2.30. The lowest BCUT2D eigenvalue weighted by molar-refractivity contribution is -0.160. The lowest BCUT2D eigenvalue weighted by atomic mass is 9.89. The van der Waals surface area contributed by atoms with Crippen molar-refractivity contribution in [3.63, 3.8) is 0 Å². The number of hydrogen-bond donors (Lipinski definition) is 1. The van der Waals surface area contributed by atoms with Gasteiger partial charge in [0.05, 0.1) is 17.9 Å². The molecule has 0 aliphatic carbocycles. The van der Waals surface area contributed by atoms with E-state index in [0.29, 0.717) is 6.42 Å². The van der Waals surface area contributed by atoms with Crippen molar-refractivity contribution >= 4 is 11.9 Å². The molecular weight excluding hydrogens is 208 g/mol. The van der Waals surface area contributed by atoms with Crippen LogP contribution in [0.2, 0.25) is 0 Å². The molecule has 0 amide bonds. The first-order valence-corrected chi connectivity index (χ1v) is 5.83. The molecule has 0 spiro atoms. The number of aliphatic carboxylic acids is 1. The zero-order valence-electron chi connectivity index (χ0n) is 10.5. The van der Waals surface area contributed by atoms with Crippen molar-refractivity contribution in [3.05, 3.63) is 0 Å². The number of carboxylic acids is 1. The molecular formula is C12H22O4. The average molecular weight is 230 g/mol. The lowest BCUT2D eigenvalue weighted by Gasteiger charge is -2.20. The molecule has 0 aromatic rings. The monoisotopic (exact) mass is 230 g/mol. The molecule has 1 N–H and O–H groups in total. The molecule has 0 aliphatic heterocycles. The molecule has 2 atom stereocenters. The Morgan fingerprint density at radius 2 is 1.81 bits per heavy atom. The van der Waals surface area contributed by atoms with Gasteiger partial charge in [-0.2, -0.15) is 0 Å². The van der Waals surface area contributed by atoms with Gasteiger partial charge in [-0.1, -0.05) is 26.7 Å². The van der Waals surface area contributed by atoms with Gasteiger partial charge in [-0.3, -0.25) is 9.59 Å². The zero-order valence-corrected chi connectivity index (χ0v) is 10.5. The quantitative estimate of drug-likeness (QED) is 0.682. The number of esters is 1. The molecule has 94 valence electrons. The summed E-state index contributed by atoms with van der Waals surface area (Å²) in [4.78, 5) is 22.6. The van der Waals surface area contributed by atoms with Crippen LogP contribution in [0.1, 0.15) is 47.0 Å². The van der Waals surface area contributed by atoms with Crippen molar-refractivity contribution in [2.45, 2.75) is 53.1 Å². The normalized spacial score (nSPS) is 14.6. The van der Waals surface area contributed by atoms with Gasteiger partial charge in [0.2, 0.25) is 0 Å². The van der Waals surface area contributed by atoms with Crippen molar-refractivity contribution in [1.29, 1.82) is 0 Å². The van der Waals surface area contributed by atoms with Gasteiger partial charge in [-0.05, 0) is 20.3 Å². The fraction of sp³-hybridized carbons (Fsp3) is 0.833. The van der Waals surface area contributed by atoms with Crippen molar-refractivity contribution in [2.24, 2.45) is 11.8 Å². The van der Waals surface area contributed by atoms with Crippen LogP contribution in [0, 0.1) is 11.8 Å². The first-order chi connectivity index (χ1) is 7.40. The first kappa shape index (κ1) is 14.9. The zero-order chi connectivity index (χ0) is 12.7. The second kappa shape index (κ2) is 7.25. The Hall–Kier alpha value is -1.06. The highest BCUT2D eigenvalue weighted by Crippen LogP contribution is 2.21. The third-order valence-electron chi connectivity index (χ3n) is 2.52. The van der Waals surface area contributed by atoms with Crippen LogP contribution in [-0.2, 0) is 14.3 Å². The van der Waals surface area contributed by atoms with Crippen LogP contribution < -0.4 is 0 Å². The van der Waals surface area contributed by atoms with E-state index in [2.05, 4.69) is 0 Å². The highest BCUT2D eigenvalue weighted by atomic mass is 16.5. The number of carboxylic acid groups (broad SMARTS) is 1. The molecule has 0 saturated carbocycles. The smallest absolute Gasteiger partial charge is 0.310 e. The molecule has 0 rings (SSSR count). The Morgan fingerprint density at radius 1 is 1.25 bits per heavy atom. The summed E-state index contributed by atoms with van der Waals surface area (Å²) in [5.41, 5.74) is 0. The maximum absolute atomic E-state index is 11.7. The summed E-state index contributed by atoms with van der Waals surface area (Å²) < 4.78 is 5.08. The fourth-order valence-corrected chi connectivity index (χ4v) is 1.49. The Kier molecular flexibility index (Phi) is 6.77. The molecule has 0 aliphatic rings. The molecule has 4 nitrogen and oxygen atoms in total. The first-order valence-electron chi connectivity index (χ1n) is 5.83. The molecule has 0 heterocycles. The van der Waals surface area contributed by atoms with Crippen LogP contribution in [0.4, 0.5) is 0 Å². The van der Waals surface area contributed by atoms with Crippen LogP contribution in [0.25, 0.3) is 0 Å². The van der Waals surface area contributed by atoms with Gasteiger partial charge in [0.1, 0.15) is 0 Å². The Morgan fingerprint density at radius 3 is 2.19 bits per heavy atom. The maximum atomic E-state index is 11.7. The highest BCUT2D eigenvalue weighted by molar-refractivity contribution is 5.80. The Bertz CT molecular complexity index is 235. The molecule has 0 bridgehead atoms. The standard InChI is InChI=1S/C12H22O4/c1-5-6-7-10(9(4)11(13)14)12(15)16-8(2)3/h8-10H,5-7H2,1-4H3,(H,13,14). The van der Waals surface area contributed by atoms with Gasteiger partial charge in [0, 0.05) is 0 Å². The summed E-state index contributed by atoms with van der Waals surface area (Å²) in [5.74, 6) is -2.54. The van der Waals surface area contributed by atoms with Crippen LogP contribution >= 0.6 is 0 Å². The van der Waals surface area contributed by atoms with Gasteiger partial charge < -0.3 is 9.84 Å². The Balaban J connectivity index is 4.52. The number of ether oxygens (including phenoxy) is 1. The van der Waals surface area contributed by atoms with E-state index in [4.69, 9.17) is 9.84 Å². The maximum Gasteiger partial charge on any atom is 0.310 e. The van der Waals surface area contributed by atoms with Crippen LogP contribution in [-0.4, -0.2) is 23.1 Å². The molecule has 0 radical (unpaired) electrons. The van der Waals surface area contributed by atoms with Crippen LogP contribution in [0.15, 0.2) is 0 Å². The summed E-state index contributed by atoms with van der Waals surface area (Å²) in [6, 6.07) is 0. The van der Waals surface area contributed by atoms with Crippen molar-refractivity contribution in [2.75, 3.05) is 0 Å². The number of hydrogen-bond acceptors (Lipinski definition) is 3. The van der Waals surface area contributed by atoms with Gasteiger partial charge in [-0.25, -0.2) is 0 Å². The van der Waals surface area contributed by atoms with Crippen LogP contribution in [0.3, 0.4) is 0 Å². The van der Waals surface area contributed by atoms with E-state index in [1.54, 1.807) is 20.8 Å². The summed E-state index contributed by atoms with van der Waals surface area (Å²) in [6.45, 7) is 7.10. The molecule has 0 aromatic heterocycles. The van der Waals surface area contributed by atoms with E-state index in [1.807, 2.05) is 6.92 Å². The number of rotatable bonds is 7. The topological polar surface area (TPSA) is 63.6 Å². The second-order valence-corrected chi connectivity index (χ2v) is 4.36. The number of carbonyl (C=O) groups is 2. The van der Waals surface area contributed by atoms with E-state index in [9.17, 15) is 9.59 Å². The average Bonchev–Trinajstić information content (AvgIpc) is 2.16.